The zero-order chi connectivity index (χ0) is 13.8. The molecule has 106 valence electrons. The largest absolute Gasteiger partial charge is 0.464 e. The van der Waals surface area contributed by atoms with E-state index in [1.165, 1.54) is 0 Å². The molecule has 0 spiro atoms. The van der Waals surface area contributed by atoms with E-state index in [2.05, 4.69) is 5.32 Å². The number of aliphatic hydroxyl groups is 1. The molecule has 1 aromatic rings. The van der Waals surface area contributed by atoms with Crippen molar-refractivity contribution in [2.45, 2.75) is 32.7 Å². The third-order valence-electron chi connectivity index (χ3n) is 3.69. The molecule has 5 nitrogen and oxygen atoms in total. The number of hydrogen-bond donors (Lipinski definition) is 2. The summed E-state index contributed by atoms with van der Waals surface area (Å²) in [6.45, 7) is 5.44. The molecule has 5 heteroatoms. The Morgan fingerprint density at radius 3 is 2.74 bits per heavy atom. The lowest BCUT2D eigenvalue weighted by Gasteiger charge is -2.31. The lowest BCUT2D eigenvalue weighted by Crippen LogP contribution is -2.45. The SMILES string of the molecule is Cc1ccc(C(C)NC(=O)N2CCC(CO)CC2)o1. The Bertz CT molecular complexity index is 422. The molecule has 2 rings (SSSR count). The molecule has 1 aliphatic heterocycles. The number of aliphatic hydroxyl groups excluding tert-OH is 1. The molecule has 1 aromatic heterocycles. The van der Waals surface area contributed by atoms with Crippen molar-refractivity contribution in [3.05, 3.63) is 23.7 Å². The fraction of sp³-hybridized carbons (Fsp3) is 0.643. The van der Waals surface area contributed by atoms with Gasteiger partial charge in [-0.1, -0.05) is 0 Å². The van der Waals surface area contributed by atoms with E-state index in [1.807, 2.05) is 26.0 Å². The molecular weight excluding hydrogens is 244 g/mol. The number of likely N-dealkylation sites (tertiary alicyclic amines) is 1. The Balaban J connectivity index is 1.84. The summed E-state index contributed by atoms with van der Waals surface area (Å²) in [5.74, 6) is 1.96. The molecule has 0 radical (unpaired) electrons. The van der Waals surface area contributed by atoms with Crippen LogP contribution in [-0.2, 0) is 0 Å². The van der Waals surface area contributed by atoms with Crippen LogP contribution in [0.15, 0.2) is 16.5 Å². The van der Waals surface area contributed by atoms with Gasteiger partial charge in [-0.15, -0.1) is 0 Å². The van der Waals surface area contributed by atoms with Gasteiger partial charge in [-0.2, -0.15) is 0 Å². The highest BCUT2D eigenvalue weighted by atomic mass is 16.3. The van der Waals surface area contributed by atoms with Crippen LogP contribution in [0.3, 0.4) is 0 Å². The predicted octanol–water partition coefficient (Wildman–Crippen LogP) is 2.06. The van der Waals surface area contributed by atoms with E-state index in [1.54, 1.807) is 4.90 Å². The molecule has 0 aliphatic carbocycles. The second-order valence-corrected chi connectivity index (χ2v) is 5.23. The number of nitrogens with zero attached hydrogens (tertiary/aromatic N) is 1. The highest BCUT2D eigenvalue weighted by Crippen LogP contribution is 2.19. The maximum absolute atomic E-state index is 12.1. The minimum Gasteiger partial charge on any atom is -0.464 e. The lowest BCUT2D eigenvalue weighted by molar-refractivity contribution is 0.135. The summed E-state index contributed by atoms with van der Waals surface area (Å²) in [4.78, 5) is 13.9. The van der Waals surface area contributed by atoms with Gasteiger partial charge < -0.3 is 19.7 Å². The number of nitrogens with one attached hydrogen (secondary N) is 1. The molecule has 1 fully saturated rings. The molecule has 2 amide bonds. The first kappa shape index (κ1) is 13.9. The van der Waals surface area contributed by atoms with Crippen LogP contribution < -0.4 is 5.32 Å². The number of carbonyl (C=O) groups is 1. The van der Waals surface area contributed by atoms with Gasteiger partial charge in [0.1, 0.15) is 11.5 Å². The number of urea groups is 1. The highest BCUT2D eigenvalue weighted by Gasteiger charge is 2.23. The van der Waals surface area contributed by atoms with Crippen LogP contribution in [0.4, 0.5) is 4.79 Å². The molecule has 0 saturated carbocycles. The van der Waals surface area contributed by atoms with Crippen molar-refractivity contribution < 1.29 is 14.3 Å². The number of amides is 2. The fourth-order valence-corrected chi connectivity index (χ4v) is 2.35. The monoisotopic (exact) mass is 266 g/mol. The molecular formula is C14H22N2O3. The quantitative estimate of drug-likeness (QED) is 0.880. The van der Waals surface area contributed by atoms with Crippen molar-refractivity contribution in [1.82, 2.24) is 10.2 Å². The third kappa shape index (κ3) is 3.50. The first-order valence-corrected chi connectivity index (χ1v) is 6.82. The highest BCUT2D eigenvalue weighted by molar-refractivity contribution is 5.74. The van der Waals surface area contributed by atoms with Crippen molar-refractivity contribution in [3.8, 4) is 0 Å². The van der Waals surface area contributed by atoms with Crippen molar-refractivity contribution in [3.63, 3.8) is 0 Å². The second-order valence-electron chi connectivity index (χ2n) is 5.23. The first-order chi connectivity index (χ1) is 9.10. The predicted molar refractivity (Wildman–Crippen MR) is 71.8 cm³/mol. The smallest absolute Gasteiger partial charge is 0.317 e. The van der Waals surface area contributed by atoms with Crippen LogP contribution in [0.5, 0.6) is 0 Å². The Labute approximate surface area is 113 Å². The molecule has 1 unspecified atom stereocenters. The normalized spacial score (nSPS) is 18.4. The van der Waals surface area contributed by atoms with Crippen LogP contribution in [0.25, 0.3) is 0 Å². The van der Waals surface area contributed by atoms with Crippen molar-refractivity contribution in [1.29, 1.82) is 0 Å². The summed E-state index contributed by atoms with van der Waals surface area (Å²) in [5.41, 5.74) is 0. The summed E-state index contributed by atoms with van der Waals surface area (Å²) in [6, 6.07) is 3.60. The standard InChI is InChI=1S/C14H22N2O3/c1-10-3-4-13(19-10)11(2)15-14(18)16-7-5-12(9-17)6-8-16/h3-4,11-12,17H,5-9H2,1-2H3,(H,15,18). The molecule has 0 aromatic carbocycles. The zero-order valence-electron chi connectivity index (χ0n) is 11.6. The first-order valence-electron chi connectivity index (χ1n) is 6.82. The molecule has 19 heavy (non-hydrogen) atoms. The summed E-state index contributed by atoms with van der Waals surface area (Å²) < 4.78 is 5.50. The Hall–Kier alpha value is -1.49. The van der Waals surface area contributed by atoms with Gasteiger partial charge in [0.25, 0.3) is 0 Å². The van der Waals surface area contributed by atoms with Crippen LogP contribution in [0.1, 0.15) is 37.3 Å². The van der Waals surface area contributed by atoms with Crippen molar-refractivity contribution in [2.75, 3.05) is 19.7 Å². The maximum Gasteiger partial charge on any atom is 0.317 e. The minimum absolute atomic E-state index is 0.0575. The van der Waals surface area contributed by atoms with E-state index in [0.29, 0.717) is 19.0 Å². The fourth-order valence-electron chi connectivity index (χ4n) is 2.35. The van der Waals surface area contributed by atoms with Crippen LogP contribution in [0.2, 0.25) is 0 Å². The Kier molecular flexibility index (Phi) is 4.47. The molecule has 1 aliphatic rings. The van der Waals surface area contributed by atoms with Gasteiger partial charge in [0, 0.05) is 19.7 Å². The average Bonchev–Trinajstić information content (AvgIpc) is 2.85. The maximum atomic E-state index is 12.1. The number of aryl methyl sites for hydroxylation is 1. The summed E-state index contributed by atoms with van der Waals surface area (Å²) in [5, 5.41) is 12.0. The van der Waals surface area contributed by atoms with Crippen LogP contribution >= 0.6 is 0 Å². The third-order valence-corrected chi connectivity index (χ3v) is 3.69. The molecule has 1 saturated heterocycles. The van der Waals surface area contributed by atoms with Crippen LogP contribution in [-0.4, -0.2) is 35.7 Å². The lowest BCUT2D eigenvalue weighted by atomic mass is 9.98. The topological polar surface area (TPSA) is 65.7 Å². The minimum atomic E-state index is -0.128. The van der Waals surface area contributed by atoms with Crippen molar-refractivity contribution in [2.24, 2.45) is 5.92 Å². The Morgan fingerprint density at radius 1 is 1.53 bits per heavy atom. The van der Waals surface area contributed by atoms with E-state index in [0.717, 1.165) is 24.4 Å². The van der Waals surface area contributed by atoms with Gasteiger partial charge in [0.05, 0.1) is 6.04 Å². The number of hydrogen-bond acceptors (Lipinski definition) is 3. The number of rotatable bonds is 3. The number of piperidine rings is 1. The molecule has 2 heterocycles. The van der Waals surface area contributed by atoms with E-state index in [9.17, 15) is 4.79 Å². The summed E-state index contributed by atoms with van der Waals surface area (Å²) in [7, 11) is 0. The van der Waals surface area contributed by atoms with Gasteiger partial charge in [0.15, 0.2) is 0 Å². The van der Waals surface area contributed by atoms with E-state index in [-0.39, 0.29) is 18.7 Å². The van der Waals surface area contributed by atoms with E-state index in [4.69, 9.17) is 9.52 Å². The molecule has 2 N–H and O–H groups in total. The number of carbonyl (C=O) groups excluding carboxylic acids is 1. The van der Waals surface area contributed by atoms with E-state index >= 15 is 0 Å². The Morgan fingerprint density at radius 2 is 2.21 bits per heavy atom. The van der Waals surface area contributed by atoms with Gasteiger partial charge in [-0.05, 0) is 44.7 Å². The van der Waals surface area contributed by atoms with E-state index < -0.39 is 0 Å². The van der Waals surface area contributed by atoms with Gasteiger partial charge >= 0.3 is 6.03 Å². The zero-order valence-corrected chi connectivity index (χ0v) is 11.6. The summed E-state index contributed by atoms with van der Waals surface area (Å²) in [6.07, 6.45) is 1.75. The van der Waals surface area contributed by atoms with Crippen molar-refractivity contribution >= 4 is 6.03 Å². The second kappa shape index (κ2) is 6.10. The van der Waals surface area contributed by atoms with Gasteiger partial charge in [0.2, 0.25) is 0 Å². The van der Waals surface area contributed by atoms with Crippen LogP contribution in [0, 0.1) is 12.8 Å². The summed E-state index contributed by atoms with van der Waals surface area (Å²) >= 11 is 0. The molecule has 1 atom stereocenters. The molecule has 0 bridgehead atoms. The average molecular weight is 266 g/mol. The van der Waals surface area contributed by atoms with Gasteiger partial charge in [-0.25, -0.2) is 4.79 Å². The number of furan rings is 1. The van der Waals surface area contributed by atoms with Gasteiger partial charge in [-0.3, -0.25) is 0 Å².